The van der Waals surface area contributed by atoms with Gasteiger partial charge in [0, 0.05) is 0 Å². The first-order valence-corrected chi connectivity index (χ1v) is 16.8. The molecule has 0 aromatic rings. The molecule has 0 unspecified atom stereocenters. The van der Waals surface area contributed by atoms with Crippen molar-refractivity contribution in [2.75, 3.05) is 0 Å². The van der Waals surface area contributed by atoms with Crippen LogP contribution in [0.25, 0.3) is 0 Å². The summed E-state index contributed by atoms with van der Waals surface area (Å²) in [4.78, 5) is 0. The Morgan fingerprint density at radius 1 is 0.324 bits per heavy atom. The fourth-order valence-corrected chi connectivity index (χ4v) is 8.41. The van der Waals surface area contributed by atoms with E-state index in [4.69, 9.17) is 0 Å². The second-order valence-corrected chi connectivity index (χ2v) is 13.3. The largest absolute Gasteiger partial charge is 0.0654 e. The Bertz CT molecular complexity index is 456. The molecule has 0 saturated heterocycles. The van der Waals surface area contributed by atoms with Gasteiger partial charge in [0.15, 0.2) is 0 Å². The van der Waals surface area contributed by atoms with Crippen LogP contribution in [0.1, 0.15) is 181 Å². The van der Waals surface area contributed by atoms with E-state index >= 15 is 0 Å². The maximum absolute atomic E-state index is 2.33. The number of rotatable bonds is 16. The zero-order valence-electron chi connectivity index (χ0n) is 23.8. The monoisotopic (exact) mass is 473 g/mol. The molecule has 3 aliphatic rings. The number of unbranched alkanes of at least 4 members (excludes halogenated alkanes) is 10. The second kappa shape index (κ2) is 17.5. The maximum Gasteiger partial charge on any atom is -0.0386 e. The highest BCUT2D eigenvalue weighted by molar-refractivity contribution is 4.86. The minimum atomic E-state index is 1.09. The summed E-state index contributed by atoms with van der Waals surface area (Å²) in [5.41, 5.74) is 0. The summed E-state index contributed by atoms with van der Waals surface area (Å²) in [5.74, 6) is 6.60. The van der Waals surface area contributed by atoms with Crippen molar-refractivity contribution < 1.29 is 0 Å². The Morgan fingerprint density at radius 3 is 0.912 bits per heavy atom. The molecule has 0 aromatic heterocycles. The van der Waals surface area contributed by atoms with E-state index in [9.17, 15) is 0 Å². The Kier molecular flexibility index (Phi) is 14.7. The van der Waals surface area contributed by atoms with Crippen molar-refractivity contribution >= 4 is 0 Å². The molecule has 0 heteroatoms. The Labute approximate surface area is 216 Å². The van der Waals surface area contributed by atoms with Gasteiger partial charge in [0.2, 0.25) is 0 Å². The Hall–Kier alpha value is 0. The molecule has 0 radical (unpaired) electrons. The molecule has 3 saturated carbocycles. The minimum Gasteiger partial charge on any atom is -0.0654 e. The quantitative estimate of drug-likeness (QED) is 0.196. The standard InChI is InChI=1S/C34H64/c1-3-5-7-9-10-12-14-16-30-19-23-32(24-20-30)34-27-25-33(26-28-34)31-21-17-29(18-22-31)15-13-11-8-6-4-2/h29-34H,3-28H2,1-2H3. The van der Waals surface area contributed by atoms with Gasteiger partial charge in [0.25, 0.3) is 0 Å². The lowest BCUT2D eigenvalue weighted by Gasteiger charge is -2.41. The van der Waals surface area contributed by atoms with Gasteiger partial charge in [-0.15, -0.1) is 0 Å². The Balaban J connectivity index is 1.20. The predicted octanol–water partition coefficient (Wildman–Crippen LogP) is 11.9. The van der Waals surface area contributed by atoms with E-state index < -0.39 is 0 Å². The van der Waals surface area contributed by atoms with Gasteiger partial charge in [-0.2, -0.15) is 0 Å². The second-order valence-electron chi connectivity index (χ2n) is 13.3. The summed E-state index contributed by atoms with van der Waals surface area (Å²) in [6.45, 7) is 4.65. The van der Waals surface area contributed by atoms with E-state index in [0.29, 0.717) is 0 Å². The third kappa shape index (κ3) is 10.5. The van der Waals surface area contributed by atoms with E-state index in [-0.39, 0.29) is 0 Å². The fraction of sp³-hybridized carbons (Fsp3) is 1.00. The molecule has 0 bridgehead atoms. The predicted molar refractivity (Wildman–Crippen MR) is 152 cm³/mol. The summed E-state index contributed by atoms with van der Waals surface area (Å²) in [6, 6.07) is 0. The smallest absolute Gasteiger partial charge is 0.0386 e. The number of hydrogen-bond acceptors (Lipinski definition) is 0. The summed E-state index contributed by atoms with van der Waals surface area (Å²) in [6.07, 6.45) is 39.7. The topological polar surface area (TPSA) is 0 Å². The van der Waals surface area contributed by atoms with E-state index in [0.717, 1.165) is 35.5 Å². The van der Waals surface area contributed by atoms with Gasteiger partial charge in [-0.1, -0.05) is 129 Å². The van der Waals surface area contributed by atoms with Crippen LogP contribution in [0, 0.1) is 35.5 Å². The number of hydrogen-bond donors (Lipinski definition) is 0. The van der Waals surface area contributed by atoms with Gasteiger partial charge in [-0.25, -0.2) is 0 Å². The highest BCUT2D eigenvalue weighted by Crippen LogP contribution is 2.46. The molecule has 3 rings (SSSR count). The lowest BCUT2D eigenvalue weighted by Crippen LogP contribution is -2.29. The molecule has 0 amide bonds. The van der Waals surface area contributed by atoms with E-state index in [1.165, 1.54) is 77.0 Å². The van der Waals surface area contributed by atoms with Crippen LogP contribution in [0.2, 0.25) is 0 Å². The molecule has 34 heavy (non-hydrogen) atoms. The molecular formula is C34H64. The van der Waals surface area contributed by atoms with Gasteiger partial charge >= 0.3 is 0 Å². The van der Waals surface area contributed by atoms with Gasteiger partial charge in [0.05, 0.1) is 0 Å². The fourth-order valence-electron chi connectivity index (χ4n) is 8.41. The van der Waals surface area contributed by atoms with Crippen LogP contribution in [0.5, 0.6) is 0 Å². The van der Waals surface area contributed by atoms with Crippen LogP contribution < -0.4 is 0 Å². The van der Waals surface area contributed by atoms with E-state index in [1.807, 2.05) is 0 Å². The van der Waals surface area contributed by atoms with Crippen molar-refractivity contribution in [3.8, 4) is 0 Å². The third-order valence-corrected chi connectivity index (χ3v) is 10.9. The normalized spacial score (nSPS) is 32.6. The highest BCUT2D eigenvalue weighted by atomic mass is 14.4. The molecular weight excluding hydrogens is 408 g/mol. The van der Waals surface area contributed by atoms with Crippen LogP contribution in [-0.4, -0.2) is 0 Å². The van der Waals surface area contributed by atoms with Gasteiger partial charge in [0.1, 0.15) is 0 Å². The van der Waals surface area contributed by atoms with Crippen molar-refractivity contribution in [3.63, 3.8) is 0 Å². The van der Waals surface area contributed by atoms with Crippen LogP contribution in [0.15, 0.2) is 0 Å². The van der Waals surface area contributed by atoms with E-state index in [2.05, 4.69) is 13.8 Å². The van der Waals surface area contributed by atoms with Crippen molar-refractivity contribution in [1.82, 2.24) is 0 Å². The van der Waals surface area contributed by atoms with Crippen molar-refractivity contribution in [1.29, 1.82) is 0 Å². The average Bonchev–Trinajstić information content (AvgIpc) is 2.89. The molecule has 0 nitrogen and oxygen atoms in total. The van der Waals surface area contributed by atoms with Crippen LogP contribution >= 0.6 is 0 Å². The lowest BCUT2D eigenvalue weighted by atomic mass is 9.64. The van der Waals surface area contributed by atoms with Crippen molar-refractivity contribution in [2.24, 2.45) is 35.5 Å². The summed E-state index contributed by atoms with van der Waals surface area (Å²) >= 11 is 0. The Morgan fingerprint density at radius 2 is 0.588 bits per heavy atom. The molecule has 0 aliphatic heterocycles. The van der Waals surface area contributed by atoms with Gasteiger partial charge in [-0.3, -0.25) is 0 Å². The average molecular weight is 473 g/mol. The summed E-state index contributed by atoms with van der Waals surface area (Å²) in [5, 5.41) is 0. The van der Waals surface area contributed by atoms with Gasteiger partial charge in [-0.05, 0) is 86.9 Å². The lowest BCUT2D eigenvalue weighted by molar-refractivity contribution is 0.102. The third-order valence-electron chi connectivity index (χ3n) is 10.9. The van der Waals surface area contributed by atoms with Crippen LogP contribution in [0.4, 0.5) is 0 Å². The van der Waals surface area contributed by atoms with Crippen molar-refractivity contribution in [2.45, 2.75) is 181 Å². The molecule has 0 N–H and O–H groups in total. The maximum atomic E-state index is 2.33. The molecule has 200 valence electrons. The zero-order valence-corrected chi connectivity index (χ0v) is 23.8. The van der Waals surface area contributed by atoms with E-state index in [1.54, 1.807) is 89.9 Å². The molecule has 0 aromatic carbocycles. The molecule has 0 heterocycles. The van der Waals surface area contributed by atoms with Crippen LogP contribution in [0.3, 0.4) is 0 Å². The SMILES string of the molecule is CCCCCCCCCC1CCC(C2CCC(C3CCC(CCCCCCC)CC3)CC2)CC1. The molecule has 3 fully saturated rings. The first-order valence-electron chi connectivity index (χ1n) is 16.8. The first kappa shape index (κ1) is 28.6. The van der Waals surface area contributed by atoms with Crippen molar-refractivity contribution in [3.05, 3.63) is 0 Å². The highest BCUT2D eigenvalue weighted by Gasteiger charge is 2.34. The van der Waals surface area contributed by atoms with Gasteiger partial charge < -0.3 is 0 Å². The summed E-state index contributed by atoms with van der Waals surface area (Å²) in [7, 11) is 0. The molecule has 3 aliphatic carbocycles. The zero-order chi connectivity index (χ0) is 23.8. The summed E-state index contributed by atoms with van der Waals surface area (Å²) < 4.78 is 0. The molecule has 0 spiro atoms. The first-order chi connectivity index (χ1) is 16.8. The minimum absolute atomic E-state index is 1.09. The van der Waals surface area contributed by atoms with Crippen LogP contribution in [-0.2, 0) is 0 Å². The molecule has 0 atom stereocenters.